The summed E-state index contributed by atoms with van der Waals surface area (Å²) in [5.41, 5.74) is 11.2. The number of aryl methyl sites for hydroxylation is 1. The molecule has 1 aliphatic rings. The Bertz CT molecular complexity index is 1110. The van der Waals surface area contributed by atoms with Crippen molar-refractivity contribution >= 4 is 17.3 Å². The van der Waals surface area contributed by atoms with Gasteiger partial charge in [-0.05, 0) is 42.9 Å². The Labute approximate surface area is 173 Å². The second-order valence-electron chi connectivity index (χ2n) is 7.57. The van der Waals surface area contributed by atoms with E-state index in [1.165, 1.54) is 15.4 Å². The molecule has 3 aromatic heterocycles. The topological polar surface area (TPSA) is 77.6 Å². The van der Waals surface area contributed by atoms with Crippen LogP contribution in [-0.2, 0) is 0 Å². The summed E-state index contributed by atoms with van der Waals surface area (Å²) in [5, 5.41) is 1.24. The fourth-order valence-electron chi connectivity index (χ4n) is 3.75. The fourth-order valence-corrected chi connectivity index (χ4v) is 4.78. The number of nitrogens with two attached hydrogens (primary N) is 1. The van der Waals surface area contributed by atoms with Crippen LogP contribution in [0.5, 0.6) is 0 Å². The first kappa shape index (κ1) is 17.9. The number of hydrogen-bond acceptors (Lipinski definition) is 6. The number of benzene rings is 1. The SMILES string of the molecule is Cc1ccc(-c2cnc(C3CC(c4ccc(-c5cnc(N)nc5)cc4)C3)s2)cn1. The van der Waals surface area contributed by atoms with Gasteiger partial charge in [0.05, 0.1) is 9.88 Å². The van der Waals surface area contributed by atoms with E-state index in [0.29, 0.717) is 17.8 Å². The number of nitrogens with zero attached hydrogens (tertiary/aromatic N) is 4. The Balaban J connectivity index is 1.24. The molecule has 2 N–H and O–H groups in total. The molecule has 5 rings (SSSR count). The first-order valence-corrected chi connectivity index (χ1v) is 10.5. The second-order valence-corrected chi connectivity index (χ2v) is 8.63. The van der Waals surface area contributed by atoms with Gasteiger partial charge in [0, 0.05) is 47.5 Å². The molecule has 29 heavy (non-hydrogen) atoms. The number of thiazole rings is 1. The van der Waals surface area contributed by atoms with Gasteiger partial charge in [-0.15, -0.1) is 11.3 Å². The molecule has 4 aromatic rings. The van der Waals surface area contributed by atoms with Gasteiger partial charge in [-0.25, -0.2) is 15.0 Å². The van der Waals surface area contributed by atoms with Crippen LogP contribution in [0.15, 0.2) is 61.2 Å². The molecule has 144 valence electrons. The van der Waals surface area contributed by atoms with E-state index < -0.39 is 0 Å². The van der Waals surface area contributed by atoms with Crippen molar-refractivity contribution in [2.24, 2.45) is 0 Å². The molecule has 0 atom stereocenters. The Morgan fingerprint density at radius 1 is 0.759 bits per heavy atom. The molecule has 0 radical (unpaired) electrons. The van der Waals surface area contributed by atoms with Crippen molar-refractivity contribution in [1.29, 1.82) is 0 Å². The van der Waals surface area contributed by atoms with E-state index in [1.807, 2.05) is 25.4 Å². The highest BCUT2D eigenvalue weighted by atomic mass is 32.1. The third kappa shape index (κ3) is 3.63. The van der Waals surface area contributed by atoms with Gasteiger partial charge in [0.2, 0.25) is 5.95 Å². The molecule has 6 heteroatoms. The summed E-state index contributed by atoms with van der Waals surface area (Å²) < 4.78 is 0. The minimum absolute atomic E-state index is 0.301. The number of aromatic nitrogens is 4. The molecule has 3 heterocycles. The summed E-state index contributed by atoms with van der Waals surface area (Å²) in [5.74, 6) is 1.46. The Morgan fingerprint density at radius 3 is 2.14 bits per heavy atom. The maximum absolute atomic E-state index is 5.57. The van der Waals surface area contributed by atoms with Crippen molar-refractivity contribution in [3.63, 3.8) is 0 Å². The lowest BCUT2D eigenvalue weighted by Crippen LogP contribution is -2.19. The van der Waals surface area contributed by atoms with Crippen LogP contribution >= 0.6 is 11.3 Å². The fraction of sp³-hybridized carbons (Fsp3) is 0.217. The molecule has 0 saturated heterocycles. The maximum Gasteiger partial charge on any atom is 0.219 e. The predicted molar refractivity (Wildman–Crippen MR) is 117 cm³/mol. The van der Waals surface area contributed by atoms with Gasteiger partial charge in [-0.2, -0.15) is 0 Å². The van der Waals surface area contributed by atoms with Gasteiger partial charge in [-0.1, -0.05) is 30.3 Å². The number of anilines is 1. The number of rotatable bonds is 4. The van der Waals surface area contributed by atoms with E-state index in [0.717, 1.165) is 35.2 Å². The largest absolute Gasteiger partial charge is 0.368 e. The molecular formula is C23H21N5S. The highest BCUT2D eigenvalue weighted by Crippen LogP contribution is 2.49. The number of hydrogen-bond donors (Lipinski definition) is 1. The zero-order chi connectivity index (χ0) is 19.8. The highest BCUT2D eigenvalue weighted by Gasteiger charge is 2.33. The molecule has 1 aromatic carbocycles. The molecule has 1 saturated carbocycles. The van der Waals surface area contributed by atoms with Crippen LogP contribution in [0.2, 0.25) is 0 Å². The molecule has 0 bridgehead atoms. The maximum atomic E-state index is 5.57. The summed E-state index contributed by atoms with van der Waals surface area (Å²) >= 11 is 1.80. The molecule has 0 unspecified atom stereocenters. The first-order chi connectivity index (χ1) is 14.2. The van der Waals surface area contributed by atoms with E-state index in [1.54, 1.807) is 23.7 Å². The minimum atomic E-state index is 0.301. The summed E-state index contributed by atoms with van der Waals surface area (Å²) in [6.07, 6.45) is 9.76. The molecule has 5 nitrogen and oxygen atoms in total. The summed E-state index contributed by atoms with van der Waals surface area (Å²) in [7, 11) is 0. The first-order valence-electron chi connectivity index (χ1n) is 9.72. The molecule has 0 spiro atoms. The van der Waals surface area contributed by atoms with Crippen LogP contribution in [0.4, 0.5) is 5.95 Å². The standard InChI is InChI=1S/C23H21N5S/c1-14-2-3-17(10-25-14)21-13-26-22(29-21)19-8-18(9-19)15-4-6-16(7-5-15)20-11-27-23(24)28-12-20/h2-7,10-13,18-19H,8-9H2,1H3,(H2,24,27,28). The molecule has 1 fully saturated rings. The normalized spacial score (nSPS) is 18.4. The van der Waals surface area contributed by atoms with E-state index in [4.69, 9.17) is 10.7 Å². The van der Waals surface area contributed by atoms with E-state index >= 15 is 0 Å². The second kappa shape index (κ2) is 7.37. The number of nitrogen functional groups attached to an aromatic ring is 1. The lowest BCUT2D eigenvalue weighted by Gasteiger charge is -2.34. The average molecular weight is 400 g/mol. The van der Waals surface area contributed by atoms with Crippen molar-refractivity contribution in [3.8, 4) is 21.6 Å². The van der Waals surface area contributed by atoms with Crippen LogP contribution in [0.25, 0.3) is 21.6 Å². The smallest absolute Gasteiger partial charge is 0.219 e. The lowest BCUT2D eigenvalue weighted by atomic mass is 9.71. The van der Waals surface area contributed by atoms with Gasteiger partial charge < -0.3 is 5.73 Å². The summed E-state index contributed by atoms with van der Waals surface area (Å²) in [4.78, 5) is 18.4. The van der Waals surface area contributed by atoms with E-state index in [2.05, 4.69) is 45.3 Å². The van der Waals surface area contributed by atoms with Crippen LogP contribution in [-0.4, -0.2) is 19.9 Å². The van der Waals surface area contributed by atoms with E-state index in [-0.39, 0.29) is 0 Å². The zero-order valence-electron chi connectivity index (χ0n) is 16.1. The van der Waals surface area contributed by atoms with Gasteiger partial charge in [0.15, 0.2) is 0 Å². The Kier molecular flexibility index (Phi) is 4.56. The third-order valence-corrected chi connectivity index (χ3v) is 6.80. The van der Waals surface area contributed by atoms with E-state index in [9.17, 15) is 0 Å². The van der Waals surface area contributed by atoms with Crippen LogP contribution in [0.3, 0.4) is 0 Å². The number of pyridine rings is 1. The van der Waals surface area contributed by atoms with Crippen molar-refractivity contribution < 1.29 is 0 Å². The van der Waals surface area contributed by atoms with Crippen molar-refractivity contribution in [1.82, 2.24) is 19.9 Å². The van der Waals surface area contributed by atoms with Crippen molar-refractivity contribution in [3.05, 3.63) is 77.5 Å². The summed E-state index contributed by atoms with van der Waals surface area (Å²) in [6.45, 7) is 2.01. The summed E-state index contributed by atoms with van der Waals surface area (Å²) in [6, 6.07) is 12.9. The molecule has 0 amide bonds. The van der Waals surface area contributed by atoms with Gasteiger partial charge >= 0.3 is 0 Å². The van der Waals surface area contributed by atoms with Crippen molar-refractivity contribution in [2.45, 2.75) is 31.6 Å². The van der Waals surface area contributed by atoms with Gasteiger partial charge in [0.25, 0.3) is 0 Å². The minimum Gasteiger partial charge on any atom is -0.368 e. The van der Waals surface area contributed by atoms with Crippen LogP contribution in [0.1, 0.15) is 40.9 Å². The monoisotopic (exact) mass is 399 g/mol. The highest BCUT2D eigenvalue weighted by molar-refractivity contribution is 7.15. The van der Waals surface area contributed by atoms with Crippen LogP contribution < -0.4 is 5.73 Å². The zero-order valence-corrected chi connectivity index (χ0v) is 16.9. The Morgan fingerprint density at radius 2 is 1.45 bits per heavy atom. The molecule has 0 aliphatic heterocycles. The Hall–Kier alpha value is -3.12. The quantitative estimate of drug-likeness (QED) is 0.509. The average Bonchev–Trinajstić information content (AvgIpc) is 3.18. The molecular weight excluding hydrogens is 378 g/mol. The molecule has 1 aliphatic carbocycles. The lowest BCUT2D eigenvalue weighted by molar-refractivity contribution is 0.350. The van der Waals surface area contributed by atoms with Gasteiger partial charge in [-0.3, -0.25) is 4.98 Å². The predicted octanol–water partition coefficient (Wildman–Crippen LogP) is 5.21. The van der Waals surface area contributed by atoms with Crippen LogP contribution in [0, 0.1) is 6.92 Å². The van der Waals surface area contributed by atoms with Gasteiger partial charge in [0.1, 0.15) is 0 Å². The third-order valence-electron chi connectivity index (χ3n) is 5.59. The van der Waals surface area contributed by atoms with Crippen molar-refractivity contribution in [2.75, 3.05) is 5.73 Å².